The van der Waals surface area contributed by atoms with E-state index in [1.54, 1.807) is 0 Å². The first kappa shape index (κ1) is 19.4. The molecule has 3 rings (SSSR count). The second-order valence-electron chi connectivity index (χ2n) is 6.26. The van der Waals surface area contributed by atoms with Crippen molar-refractivity contribution in [3.8, 4) is 17.0 Å². The number of thiazole rings is 1. The first-order valence-electron chi connectivity index (χ1n) is 8.79. The molecule has 0 saturated carbocycles. The highest BCUT2D eigenvalue weighted by atomic mass is 35.5. The third kappa shape index (κ3) is 5.31. The van der Waals surface area contributed by atoms with Crippen LogP contribution in [0.1, 0.15) is 31.7 Å². The molecule has 0 fully saturated rings. The van der Waals surface area contributed by atoms with Gasteiger partial charge in [0.05, 0.1) is 5.69 Å². The molecule has 0 saturated heterocycles. The Morgan fingerprint density at radius 1 is 1.19 bits per heavy atom. The number of nitrogens with zero attached hydrogens (tertiary/aromatic N) is 1. The third-order valence-corrected chi connectivity index (χ3v) is 5.33. The van der Waals surface area contributed by atoms with Crippen LogP contribution in [0.2, 0.25) is 5.02 Å². The van der Waals surface area contributed by atoms with Crippen LogP contribution in [0.5, 0.6) is 5.75 Å². The Bertz CT molecular complexity index is 891. The molecule has 0 unspecified atom stereocenters. The minimum atomic E-state index is -0.238. The predicted molar refractivity (Wildman–Crippen MR) is 112 cm³/mol. The zero-order valence-corrected chi connectivity index (χ0v) is 16.8. The number of carbonyl (C=O) groups excluding carboxylic acids is 1. The maximum Gasteiger partial charge on any atom is 0.264 e. The van der Waals surface area contributed by atoms with E-state index in [1.807, 2.05) is 53.9 Å². The Labute approximate surface area is 168 Å². The molecule has 0 aliphatic carbocycles. The molecule has 0 radical (unpaired) electrons. The van der Waals surface area contributed by atoms with E-state index < -0.39 is 0 Å². The summed E-state index contributed by atoms with van der Waals surface area (Å²) in [5.41, 5.74) is 3.02. The Hall–Kier alpha value is -2.37. The van der Waals surface area contributed by atoms with E-state index in [0.29, 0.717) is 21.8 Å². The lowest BCUT2D eigenvalue weighted by atomic mass is 9.99. The fraction of sp³-hybridized carbons (Fsp3) is 0.238. The second kappa shape index (κ2) is 9.02. The highest BCUT2D eigenvalue weighted by Gasteiger charge is 2.09. The van der Waals surface area contributed by atoms with Gasteiger partial charge in [0, 0.05) is 16.0 Å². The summed E-state index contributed by atoms with van der Waals surface area (Å²) in [5, 5.41) is 5.89. The van der Waals surface area contributed by atoms with Gasteiger partial charge in [0.25, 0.3) is 5.91 Å². The van der Waals surface area contributed by atoms with Crippen LogP contribution in [0, 0.1) is 0 Å². The number of benzene rings is 2. The van der Waals surface area contributed by atoms with E-state index in [2.05, 4.69) is 24.1 Å². The largest absolute Gasteiger partial charge is 0.484 e. The molecule has 1 atom stereocenters. The molecular weight excluding hydrogens is 380 g/mol. The number of rotatable bonds is 7. The summed E-state index contributed by atoms with van der Waals surface area (Å²) in [4.78, 5) is 16.5. The van der Waals surface area contributed by atoms with Crippen LogP contribution >= 0.6 is 22.9 Å². The van der Waals surface area contributed by atoms with Crippen molar-refractivity contribution in [1.29, 1.82) is 0 Å². The average molecular weight is 401 g/mol. The first-order chi connectivity index (χ1) is 13.0. The molecule has 1 N–H and O–H groups in total. The minimum Gasteiger partial charge on any atom is -0.484 e. The third-order valence-electron chi connectivity index (χ3n) is 4.32. The van der Waals surface area contributed by atoms with Crippen LogP contribution in [0.15, 0.2) is 53.9 Å². The van der Waals surface area contributed by atoms with Crippen LogP contribution in [-0.4, -0.2) is 17.5 Å². The van der Waals surface area contributed by atoms with Gasteiger partial charge >= 0.3 is 0 Å². The average Bonchev–Trinajstić information content (AvgIpc) is 3.15. The Morgan fingerprint density at radius 3 is 2.56 bits per heavy atom. The summed E-state index contributed by atoms with van der Waals surface area (Å²) < 4.78 is 5.56. The van der Waals surface area contributed by atoms with Crippen molar-refractivity contribution >= 4 is 34.0 Å². The molecule has 27 heavy (non-hydrogen) atoms. The zero-order valence-electron chi connectivity index (χ0n) is 15.2. The number of nitrogens with one attached hydrogen (secondary N) is 1. The van der Waals surface area contributed by atoms with Crippen molar-refractivity contribution in [2.75, 3.05) is 11.9 Å². The summed E-state index contributed by atoms with van der Waals surface area (Å²) in [7, 11) is 0. The van der Waals surface area contributed by atoms with Crippen molar-refractivity contribution in [3.63, 3.8) is 0 Å². The lowest BCUT2D eigenvalue weighted by Crippen LogP contribution is -2.20. The zero-order chi connectivity index (χ0) is 19.2. The Morgan fingerprint density at radius 2 is 1.89 bits per heavy atom. The van der Waals surface area contributed by atoms with Gasteiger partial charge in [0.2, 0.25) is 0 Å². The molecule has 1 heterocycles. The molecule has 0 aliphatic heterocycles. The highest BCUT2D eigenvalue weighted by Crippen LogP contribution is 2.26. The first-order valence-corrected chi connectivity index (χ1v) is 10.0. The van der Waals surface area contributed by atoms with Gasteiger partial charge in [-0.3, -0.25) is 10.1 Å². The summed E-state index contributed by atoms with van der Waals surface area (Å²) in [6.45, 7) is 4.30. The minimum absolute atomic E-state index is 0.0570. The molecular formula is C21H21ClN2O2S. The predicted octanol–water partition coefficient (Wildman–Crippen LogP) is 5.99. The summed E-state index contributed by atoms with van der Waals surface area (Å²) in [5.74, 6) is 0.957. The van der Waals surface area contributed by atoms with Crippen LogP contribution < -0.4 is 10.1 Å². The number of anilines is 1. The van der Waals surface area contributed by atoms with Crippen molar-refractivity contribution < 1.29 is 9.53 Å². The van der Waals surface area contributed by atoms with E-state index in [1.165, 1.54) is 16.9 Å². The van der Waals surface area contributed by atoms with E-state index in [-0.39, 0.29) is 12.5 Å². The highest BCUT2D eigenvalue weighted by molar-refractivity contribution is 7.14. The molecule has 2 aromatic carbocycles. The van der Waals surface area contributed by atoms with Crippen molar-refractivity contribution in [2.45, 2.75) is 26.2 Å². The number of ether oxygens (including phenoxy) is 1. The quantitative estimate of drug-likeness (QED) is 0.529. The number of carbonyl (C=O) groups is 1. The fourth-order valence-corrected chi connectivity index (χ4v) is 3.38. The van der Waals surface area contributed by atoms with E-state index in [4.69, 9.17) is 16.3 Å². The number of amides is 1. The Balaban J connectivity index is 1.53. The fourth-order valence-electron chi connectivity index (χ4n) is 2.52. The van der Waals surface area contributed by atoms with Crippen LogP contribution in [0.4, 0.5) is 5.13 Å². The van der Waals surface area contributed by atoms with E-state index >= 15 is 0 Å². The topological polar surface area (TPSA) is 51.2 Å². The van der Waals surface area contributed by atoms with Crippen LogP contribution in [0.3, 0.4) is 0 Å². The van der Waals surface area contributed by atoms with Crippen LogP contribution in [-0.2, 0) is 4.79 Å². The van der Waals surface area contributed by atoms with Crippen LogP contribution in [0.25, 0.3) is 11.3 Å². The maximum atomic E-state index is 12.1. The SMILES string of the molecule is CC[C@@H](C)c1ccc(OCC(=O)Nc2nc(-c3ccc(Cl)cc3)cs2)cc1. The van der Waals surface area contributed by atoms with Crippen molar-refractivity contribution in [1.82, 2.24) is 4.98 Å². The van der Waals surface area contributed by atoms with E-state index in [0.717, 1.165) is 17.7 Å². The van der Waals surface area contributed by atoms with Crippen molar-refractivity contribution in [2.24, 2.45) is 0 Å². The van der Waals surface area contributed by atoms with Gasteiger partial charge in [-0.15, -0.1) is 11.3 Å². The molecule has 6 heteroatoms. The lowest BCUT2D eigenvalue weighted by Gasteiger charge is -2.10. The van der Waals surface area contributed by atoms with Crippen molar-refractivity contribution in [3.05, 3.63) is 64.5 Å². The summed E-state index contributed by atoms with van der Waals surface area (Å²) in [6, 6.07) is 15.3. The number of hydrogen-bond donors (Lipinski definition) is 1. The van der Waals surface area contributed by atoms with Gasteiger partial charge < -0.3 is 4.74 Å². The molecule has 3 aromatic rings. The van der Waals surface area contributed by atoms with Gasteiger partial charge in [-0.2, -0.15) is 0 Å². The maximum absolute atomic E-state index is 12.1. The smallest absolute Gasteiger partial charge is 0.264 e. The number of hydrogen-bond acceptors (Lipinski definition) is 4. The van der Waals surface area contributed by atoms with Gasteiger partial charge in [0.15, 0.2) is 11.7 Å². The van der Waals surface area contributed by atoms with Gasteiger partial charge in [-0.05, 0) is 42.2 Å². The second-order valence-corrected chi connectivity index (χ2v) is 7.55. The molecule has 1 aromatic heterocycles. The van der Waals surface area contributed by atoms with Gasteiger partial charge in [-0.25, -0.2) is 4.98 Å². The molecule has 1 amide bonds. The molecule has 0 bridgehead atoms. The molecule has 0 aliphatic rings. The van der Waals surface area contributed by atoms with E-state index in [9.17, 15) is 4.79 Å². The Kier molecular flexibility index (Phi) is 6.48. The van der Waals surface area contributed by atoms with Gasteiger partial charge in [0.1, 0.15) is 5.75 Å². The normalized spacial score (nSPS) is 11.8. The molecule has 4 nitrogen and oxygen atoms in total. The number of aromatic nitrogens is 1. The summed E-state index contributed by atoms with van der Waals surface area (Å²) in [6.07, 6.45) is 1.09. The number of halogens is 1. The monoisotopic (exact) mass is 400 g/mol. The molecule has 0 spiro atoms. The lowest BCUT2D eigenvalue weighted by molar-refractivity contribution is -0.118. The van der Waals surface area contributed by atoms with Gasteiger partial charge in [-0.1, -0.05) is 49.7 Å². The molecule has 140 valence electrons. The standard InChI is InChI=1S/C21H21ClN2O2S/c1-3-14(2)15-6-10-18(11-7-15)26-12-20(25)24-21-23-19(13-27-21)16-4-8-17(22)9-5-16/h4-11,13-14H,3,12H2,1-2H3,(H,23,24,25)/t14-/m1/s1. The summed E-state index contributed by atoms with van der Waals surface area (Å²) >= 11 is 7.28.